The molecule has 0 saturated heterocycles. The number of fused-ring (bicyclic) bond motifs is 1. The van der Waals surface area contributed by atoms with Gasteiger partial charge in [0.25, 0.3) is 0 Å². The fourth-order valence-electron chi connectivity index (χ4n) is 4.37. The van der Waals surface area contributed by atoms with Gasteiger partial charge in [-0.25, -0.2) is 8.91 Å². The maximum atomic E-state index is 14.4. The van der Waals surface area contributed by atoms with Gasteiger partial charge in [0.15, 0.2) is 23.8 Å². The van der Waals surface area contributed by atoms with Crippen LogP contribution in [0.2, 0.25) is 0 Å². The lowest BCUT2D eigenvalue weighted by atomic mass is 10.0. The van der Waals surface area contributed by atoms with Crippen molar-refractivity contribution in [3.05, 3.63) is 42.1 Å². The highest BCUT2D eigenvalue weighted by molar-refractivity contribution is 5.56. The van der Waals surface area contributed by atoms with Gasteiger partial charge in [-0.05, 0) is 50.8 Å². The molecule has 1 N–H and O–H groups in total. The molecule has 0 bridgehead atoms. The van der Waals surface area contributed by atoms with E-state index in [1.54, 1.807) is 13.0 Å². The molecule has 0 spiro atoms. The molecule has 3 aromatic rings. The number of aryl methyl sites for hydroxylation is 1. The summed E-state index contributed by atoms with van der Waals surface area (Å²) in [6.45, 7) is 3.06. The van der Waals surface area contributed by atoms with E-state index in [0.29, 0.717) is 24.5 Å². The van der Waals surface area contributed by atoms with E-state index in [-0.39, 0.29) is 29.3 Å². The summed E-state index contributed by atoms with van der Waals surface area (Å²) in [7, 11) is 0. The van der Waals surface area contributed by atoms with Crippen LogP contribution >= 0.6 is 0 Å². The van der Waals surface area contributed by atoms with Crippen molar-refractivity contribution in [2.24, 2.45) is 5.92 Å². The van der Waals surface area contributed by atoms with Gasteiger partial charge in [-0.2, -0.15) is 26.9 Å². The van der Waals surface area contributed by atoms with Crippen molar-refractivity contribution < 1.29 is 31.1 Å². The summed E-state index contributed by atoms with van der Waals surface area (Å²) < 4.78 is 84.5. The van der Waals surface area contributed by atoms with Crippen molar-refractivity contribution in [1.82, 2.24) is 19.6 Å². The molecule has 36 heavy (non-hydrogen) atoms. The minimum Gasteiger partial charge on any atom is -0.483 e. The lowest BCUT2D eigenvalue weighted by molar-refractivity contribution is -0.289. The van der Waals surface area contributed by atoms with Crippen LogP contribution in [0, 0.1) is 18.7 Å². The lowest BCUT2D eigenvalue weighted by Gasteiger charge is -2.30. The molecule has 196 valence electrons. The molecule has 2 atom stereocenters. The van der Waals surface area contributed by atoms with Crippen LogP contribution < -0.4 is 15.0 Å². The van der Waals surface area contributed by atoms with Crippen LogP contribution in [0.5, 0.6) is 5.75 Å². The third-order valence-corrected chi connectivity index (χ3v) is 6.27. The Bertz CT molecular complexity index is 1200. The van der Waals surface area contributed by atoms with Gasteiger partial charge in [-0.3, -0.25) is 4.98 Å². The number of nitrogens with one attached hydrogen (secondary N) is 1. The fourth-order valence-corrected chi connectivity index (χ4v) is 4.37. The third kappa shape index (κ3) is 5.44. The van der Waals surface area contributed by atoms with Gasteiger partial charge in [-0.15, -0.1) is 5.10 Å². The zero-order valence-electron chi connectivity index (χ0n) is 19.7. The molecule has 0 amide bonds. The van der Waals surface area contributed by atoms with E-state index >= 15 is 0 Å². The van der Waals surface area contributed by atoms with Crippen LogP contribution in [0.3, 0.4) is 0 Å². The number of anilines is 2. The van der Waals surface area contributed by atoms with Gasteiger partial charge in [0.2, 0.25) is 5.95 Å². The molecule has 3 aromatic heterocycles. The molecule has 0 radical (unpaired) electrons. The van der Waals surface area contributed by atoms with Gasteiger partial charge >= 0.3 is 12.1 Å². The van der Waals surface area contributed by atoms with E-state index in [9.17, 15) is 26.3 Å². The largest absolute Gasteiger partial charge is 0.483 e. The van der Waals surface area contributed by atoms with Crippen LogP contribution in [-0.4, -0.2) is 57.4 Å². The maximum absolute atomic E-state index is 14.4. The summed E-state index contributed by atoms with van der Waals surface area (Å²) in [5.74, 6) is -5.30. The number of hydrogen-bond donors (Lipinski definition) is 1. The summed E-state index contributed by atoms with van der Waals surface area (Å²) in [4.78, 5) is 10.2. The van der Waals surface area contributed by atoms with Crippen molar-refractivity contribution in [3.63, 3.8) is 0 Å². The number of alkyl halides is 5. The maximum Gasteiger partial charge on any atom is 0.456 e. The summed E-state index contributed by atoms with van der Waals surface area (Å²) in [5.41, 5.74) is 1.21. The average molecular weight is 516 g/mol. The monoisotopic (exact) mass is 516 g/mol. The normalized spacial score (nSPS) is 18.6. The highest BCUT2D eigenvalue weighted by Crippen LogP contribution is 2.36. The molecule has 7 nitrogen and oxygen atoms in total. The molecule has 1 aliphatic carbocycles. The smallest absolute Gasteiger partial charge is 0.456 e. The van der Waals surface area contributed by atoms with Gasteiger partial charge in [-0.1, -0.05) is 6.42 Å². The number of halogens is 6. The minimum atomic E-state index is -5.72. The zero-order valence-corrected chi connectivity index (χ0v) is 19.7. The van der Waals surface area contributed by atoms with E-state index in [1.807, 2.05) is 11.8 Å². The Morgan fingerprint density at radius 2 is 2.00 bits per heavy atom. The molecule has 1 aliphatic rings. The Balaban J connectivity index is 1.48. The first-order valence-corrected chi connectivity index (χ1v) is 11.5. The molecule has 4 rings (SSSR count). The summed E-state index contributed by atoms with van der Waals surface area (Å²) in [6.07, 6.45) is -0.374. The van der Waals surface area contributed by atoms with Gasteiger partial charge in [0.05, 0.1) is 11.9 Å². The fraction of sp³-hybridized carbons (Fsp3) is 0.522. The van der Waals surface area contributed by atoms with E-state index in [4.69, 9.17) is 4.74 Å². The Labute approximate surface area is 203 Å². The SMILES string of the molecule is CCN(C[C@@H]1CCC[C@H]1Nc1nc2c(OCC(F)(F)C(F)(F)F)cccn2n1)c1cc(C)ncc1F. The number of aromatic nitrogens is 4. The standard InChI is InChI=1S/C23H26F6N6O/c1-3-34(18-10-14(2)30-11-16(18)24)12-15-6-4-7-17(15)31-21-32-20-19(8-5-9-35(20)33-21)36-13-22(25,26)23(27,28)29/h5,8-11,15,17H,3-4,6-7,12-13H2,1-2H3,(H,31,33)/t15-,17+/m0/s1. The van der Waals surface area contributed by atoms with Gasteiger partial charge in [0, 0.05) is 31.0 Å². The Hall–Kier alpha value is -3.25. The van der Waals surface area contributed by atoms with E-state index in [1.165, 1.54) is 29.0 Å². The Kier molecular flexibility index (Phi) is 7.19. The van der Waals surface area contributed by atoms with E-state index < -0.39 is 24.5 Å². The molecule has 1 saturated carbocycles. The summed E-state index contributed by atoms with van der Waals surface area (Å²) >= 11 is 0. The molecular formula is C23H26F6N6O. The molecule has 1 fully saturated rings. The van der Waals surface area contributed by atoms with Crippen molar-refractivity contribution >= 4 is 17.3 Å². The first-order chi connectivity index (χ1) is 17.0. The quantitative estimate of drug-likeness (QED) is 0.392. The first-order valence-electron chi connectivity index (χ1n) is 11.5. The molecule has 0 unspecified atom stereocenters. The van der Waals surface area contributed by atoms with Crippen LogP contribution in [0.25, 0.3) is 5.65 Å². The molecule has 13 heteroatoms. The predicted molar refractivity (Wildman–Crippen MR) is 121 cm³/mol. The molecule has 3 heterocycles. The second kappa shape index (κ2) is 10.0. The highest BCUT2D eigenvalue weighted by Gasteiger charge is 2.58. The van der Waals surface area contributed by atoms with Crippen molar-refractivity contribution in [2.75, 3.05) is 29.9 Å². The zero-order chi connectivity index (χ0) is 26.1. The minimum absolute atomic E-state index is 0.0111. The van der Waals surface area contributed by atoms with E-state index in [0.717, 1.165) is 19.3 Å². The number of hydrogen-bond acceptors (Lipinski definition) is 6. The number of nitrogens with zero attached hydrogens (tertiary/aromatic N) is 5. The topological polar surface area (TPSA) is 67.6 Å². The predicted octanol–water partition coefficient (Wildman–Crippen LogP) is 5.26. The molecular weight excluding hydrogens is 490 g/mol. The van der Waals surface area contributed by atoms with Crippen LogP contribution in [0.15, 0.2) is 30.6 Å². The first kappa shape index (κ1) is 25.8. The van der Waals surface area contributed by atoms with Gasteiger partial charge < -0.3 is 15.0 Å². The Morgan fingerprint density at radius 1 is 1.22 bits per heavy atom. The number of pyridine rings is 2. The van der Waals surface area contributed by atoms with Crippen molar-refractivity contribution in [2.45, 2.75) is 51.3 Å². The average Bonchev–Trinajstić information content (AvgIpc) is 3.43. The van der Waals surface area contributed by atoms with Crippen LogP contribution in [-0.2, 0) is 0 Å². The molecule has 0 aromatic carbocycles. The Morgan fingerprint density at radius 3 is 2.72 bits per heavy atom. The van der Waals surface area contributed by atoms with Crippen molar-refractivity contribution in [1.29, 1.82) is 0 Å². The van der Waals surface area contributed by atoms with E-state index in [2.05, 4.69) is 20.4 Å². The van der Waals surface area contributed by atoms with Crippen LogP contribution in [0.1, 0.15) is 31.9 Å². The lowest BCUT2D eigenvalue weighted by Crippen LogP contribution is -2.41. The summed E-state index contributed by atoms with van der Waals surface area (Å²) in [5, 5.41) is 7.52. The van der Waals surface area contributed by atoms with Crippen LogP contribution in [0.4, 0.5) is 38.0 Å². The second-order valence-corrected chi connectivity index (χ2v) is 8.82. The highest BCUT2D eigenvalue weighted by atomic mass is 19.4. The third-order valence-electron chi connectivity index (χ3n) is 6.27. The number of ether oxygens (including phenoxy) is 1. The van der Waals surface area contributed by atoms with Crippen molar-refractivity contribution in [3.8, 4) is 5.75 Å². The van der Waals surface area contributed by atoms with Gasteiger partial charge in [0.1, 0.15) is 0 Å². The summed E-state index contributed by atoms with van der Waals surface area (Å²) in [6, 6.07) is 4.34. The molecule has 0 aliphatic heterocycles. The number of rotatable bonds is 9. The second-order valence-electron chi connectivity index (χ2n) is 8.82.